The van der Waals surface area contributed by atoms with Crippen LogP contribution in [0, 0.1) is 36.5 Å². The molecule has 0 atom stereocenters. The van der Waals surface area contributed by atoms with E-state index in [1.54, 1.807) is 55.6 Å². The van der Waals surface area contributed by atoms with Gasteiger partial charge in [-0.2, -0.15) is 8.78 Å². The topological polar surface area (TPSA) is 280 Å². The van der Waals surface area contributed by atoms with Gasteiger partial charge in [-0.25, -0.2) is 0 Å². The maximum absolute atomic E-state index is 11.2. The Morgan fingerprint density at radius 3 is 0.633 bits per heavy atom. The zero-order chi connectivity index (χ0) is 78.3. The Morgan fingerprint density at radius 2 is 0.633 bits per heavy atom. The van der Waals surface area contributed by atoms with Gasteiger partial charge in [0.05, 0.1) is 21.3 Å². The molecule has 0 radical (unpaired) electrons. The fourth-order valence-electron chi connectivity index (χ4n) is 0. The minimum Gasteiger partial charge on any atom is -0.870 e. The smallest absolute Gasteiger partial charge is 0.870 e. The summed E-state index contributed by atoms with van der Waals surface area (Å²) in [6, 6.07) is 0. The first kappa shape index (κ1) is 185. The molecule has 0 heterocycles. The number of unbranched alkanes of at least 4 members (excludes halogenated alkanes) is 1. The minimum atomic E-state index is -2.96. The van der Waals surface area contributed by atoms with Crippen molar-refractivity contribution in [3.05, 3.63) is 24.3 Å². The Bertz CT molecular complexity index is 1090. The summed E-state index contributed by atoms with van der Waals surface area (Å²) in [5, 5.41) is 57.1. The van der Waals surface area contributed by atoms with Crippen molar-refractivity contribution >= 4 is 55.7 Å². The minimum absolute atomic E-state index is 0. The summed E-state index contributed by atoms with van der Waals surface area (Å²) in [5.74, 6) is 8.45. The standard InChI is InChI=1S/C5H8O.C4H9O.C4H10.2C4H8.C4H6.C3H6F2O.2C3H6O2.C3H6OS.C3H8.C3H4.C2H4O2.C2H4O.9C2H6.2CH5BO2.K.Na.H2O/c1-4-5(2,3)6;1-4(2,3)5;4*1-3-4-2;1-3(4,5)6-2;2*1-3(4)5-2;1-3(5)4-2;2*1-3-2;1-2(3)4;1-2-3;9*1-2;2*1-2(3)4;;;/h1,6H,2-3H3;1-3H3;3-4H2,1-2H3;2*3-4H,1-2H3;1-2H3;1-2H3;3*1-2H3;3H2,1-2H3;1H,2H3;1H3,(H,3,4);2H,1H3;9*1-2H3;2*3-4H,1H3;;;1H2/q;-1;;;;;;;;;;;;;;;;;;;;;;;;2*+1;/p-1. The molecule has 0 aromatic heterocycles. The van der Waals surface area contributed by atoms with Gasteiger partial charge >= 0.3 is 113 Å². The van der Waals surface area contributed by atoms with Gasteiger partial charge in [-0.05, 0) is 95.1 Å². The molecule has 0 aliphatic heterocycles. The number of carbonyl (C=O) groups is 4. The van der Waals surface area contributed by atoms with Crippen molar-refractivity contribution in [3.8, 4) is 36.5 Å². The largest absolute Gasteiger partial charge is 1.00 e. The van der Waals surface area contributed by atoms with E-state index >= 15 is 0 Å². The van der Waals surface area contributed by atoms with Crippen LogP contribution in [0.5, 0.6) is 0 Å². The molecule has 0 aliphatic rings. The van der Waals surface area contributed by atoms with Crippen LogP contribution in [0.1, 0.15) is 296 Å². The van der Waals surface area contributed by atoms with Crippen LogP contribution < -0.4 is 86.0 Å². The first-order valence-electron chi connectivity index (χ1n) is 30.2. The first-order chi connectivity index (χ1) is 40.0. The average molecular weight is 1370 g/mol. The summed E-state index contributed by atoms with van der Waals surface area (Å²) < 4.78 is 38.8. The van der Waals surface area contributed by atoms with Crippen LogP contribution in [0.15, 0.2) is 24.3 Å². The van der Waals surface area contributed by atoms with Gasteiger partial charge in [-0.1, -0.05) is 223 Å². The van der Waals surface area contributed by atoms with Crippen LogP contribution in [0.2, 0.25) is 13.6 Å². The number of terminal acetylenes is 2. The van der Waals surface area contributed by atoms with E-state index in [9.17, 15) is 23.5 Å². The number of hydrogen-bond donors (Lipinski definition) is 6. The van der Waals surface area contributed by atoms with Crippen LogP contribution in [-0.4, -0.2) is 125 Å². The quantitative estimate of drug-likeness (QED) is 0.0374. The number of aliphatic hydroxyl groups is 1. The summed E-state index contributed by atoms with van der Waals surface area (Å²) >= 11 is 4.47. The molecule has 23 heteroatoms. The summed E-state index contributed by atoms with van der Waals surface area (Å²) in [7, 11) is 2.88. The number of carboxylic acid groups (broad SMARTS) is 1. The number of allylic oxidation sites excluding steroid dienone is 4. The summed E-state index contributed by atoms with van der Waals surface area (Å²) in [5.41, 5.74) is -1.68. The van der Waals surface area contributed by atoms with Crippen molar-refractivity contribution in [1.82, 2.24) is 0 Å². The van der Waals surface area contributed by atoms with Crippen molar-refractivity contribution in [2.24, 2.45) is 0 Å². The number of thiocarbonyl (C=S) groups is 1. The molecule has 90 heavy (non-hydrogen) atoms. The number of esters is 2. The van der Waals surface area contributed by atoms with E-state index in [-0.39, 0.29) is 98.4 Å². The van der Waals surface area contributed by atoms with Crippen molar-refractivity contribution in [1.29, 1.82) is 0 Å². The Balaban J connectivity index is -0.0000000172. The second-order valence-corrected chi connectivity index (χ2v) is 13.3. The molecule has 0 bridgehead atoms. The zero-order valence-corrected chi connectivity index (χ0v) is 74.7. The molecule has 0 spiro atoms. The number of halogens is 2. The van der Waals surface area contributed by atoms with E-state index in [2.05, 4.69) is 89.0 Å². The predicted octanol–water partition coefficient (Wildman–Crippen LogP) is 12.7. The second-order valence-electron chi connectivity index (χ2n) is 12.8. The number of carboxylic acids is 1. The number of alkyl halides is 2. The van der Waals surface area contributed by atoms with Gasteiger partial charge in [0.1, 0.15) is 11.9 Å². The van der Waals surface area contributed by atoms with E-state index in [0.29, 0.717) is 12.0 Å². The van der Waals surface area contributed by atoms with E-state index in [4.69, 9.17) is 46.3 Å². The van der Waals surface area contributed by atoms with Crippen LogP contribution in [0.3, 0.4) is 0 Å². The molecule has 16 nitrogen and oxygen atoms in total. The van der Waals surface area contributed by atoms with E-state index in [1.807, 2.05) is 190 Å². The Kier molecular flexibility index (Phi) is 528. The van der Waals surface area contributed by atoms with E-state index in [1.165, 1.54) is 67.9 Å². The molecule has 0 rings (SSSR count). The van der Waals surface area contributed by atoms with Gasteiger partial charge in [-0.3, -0.25) is 14.4 Å². The normalized spacial score (nSPS) is 6.53. The fourth-order valence-corrected chi connectivity index (χ4v) is 0. The molecule has 0 saturated heterocycles. The third kappa shape index (κ3) is 3030. The Hall–Kier alpha value is -1.56. The van der Waals surface area contributed by atoms with Gasteiger partial charge in [-0.15, -0.1) is 36.2 Å². The van der Waals surface area contributed by atoms with Crippen molar-refractivity contribution in [2.75, 3.05) is 28.4 Å². The third-order valence-electron chi connectivity index (χ3n) is 2.99. The van der Waals surface area contributed by atoms with Gasteiger partial charge in [0.25, 0.3) is 5.97 Å². The third-order valence-corrected chi connectivity index (χ3v) is 3.16. The molecule has 0 saturated carbocycles. The molecule has 0 amide bonds. The molecular formula is C67H158B2F2KNaO16S. The monoisotopic (exact) mass is 1370 g/mol. The van der Waals surface area contributed by atoms with Gasteiger partial charge in [0.2, 0.25) is 0 Å². The van der Waals surface area contributed by atoms with Crippen LogP contribution in [-0.2, 0) is 38.1 Å². The number of rotatable bonds is 2. The molecule has 0 aromatic rings. The van der Waals surface area contributed by atoms with E-state index in [0.717, 1.165) is 20.3 Å². The van der Waals surface area contributed by atoms with Crippen molar-refractivity contribution < 1.29 is 169 Å². The van der Waals surface area contributed by atoms with Crippen molar-refractivity contribution in [2.45, 2.75) is 327 Å². The zero-order valence-electron chi connectivity index (χ0n) is 68.8. The summed E-state index contributed by atoms with van der Waals surface area (Å²) in [4.78, 5) is 37.0. The molecule has 0 aromatic carbocycles. The average Bonchev–Trinajstić information content (AvgIpc) is 3.48. The van der Waals surface area contributed by atoms with Gasteiger partial charge < -0.3 is 64.6 Å². The molecule has 0 aliphatic carbocycles. The van der Waals surface area contributed by atoms with Crippen LogP contribution in [0.4, 0.5) is 8.78 Å². The molecule has 550 valence electrons. The maximum Gasteiger partial charge on any atom is 1.00 e. The second kappa shape index (κ2) is 257. The maximum atomic E-state index is 11.2. The number of ether oxygens (including phenoxy) is 4. The van der Waals surface area contributed by atoms with Gasteiger partial charge in [0.15, 0.2) is 5.05 Å². The number of aliphatic carboxylic acids is 1. The van der Waals surface area contributed by atoms with Crippen LogP contribution >= 0.6 is 12.2 Å². The SMILES string of the molecule is C#CC.C#CC(C)(C)O.CB(O)O.CB(O)O.CC.CC.CC.CC.CC.CC.CC.CC.CC.CC#CC.CC(=O)O.CC(C)(C)[O-].CC=CC.CC=CC.CC=O.CCC.CCCC.COC(C)(F)F.COC(C)=O.COC(C)=O.COC(C)=S.[K+].[Na+].[OH-]. The number of methoxy groups -OCH3 is 4. The number of hydrogen-bond acceptors (Lipinski definition) is 16. The predicted molar refractivity (Wildman–Crippen MR) is 396 cm³/mol. The van der Waals surface area contributed by atoms with E-state index < -0.39 is 37.5 Å². The fraction of sp³-hybridized carbons (Fsp3) is 0.776. The number of carbonyl (C=O) groups excluding carboxylic acids is 3. The molecule has 0 fully saturated rings. The summed E-state index contributed by atoms with van der Waals surface area (Å²) in [6.45, 7) is 76.1. The molecule has 7 N–H and O–H groups in total. The van der Waals surface area contributed by atoms with Crippen LogP contribution in [0.25, 0.3) is 0 Å². The van der Waals surface area contributed by atoms with Gasteiger partial charge in [0, 0.05) is 41.7 Å². The van der Waals surface area contributed by atoms with Crippen molar-refractivity contribution in [3.63, 3.8) is 0 Å². The number of aldehydes is 1. The Morgan fingerprint density at radius 1 is 0.556 bits per heavy atom. The first-order valence-corrected chi connectivity index (χ1v) is 30.6. The molecule has 0 unspecified atom stereocenters. The Labute approximate surface area is 635 Å². The summed E-state index contributed by atoms with van der Waals surface area (Å²) in [6.07, 6.45) is 19.1. The molecular weight excluding hydrogens is 1210 g/mol.